The van der Waals surface area contributed by atoms with E-state index in [4.69, 9.17) is 5.11 Å². The number of carbonyl (C=O) groups excluding carboxylic acids is 1. The summed E-state index contributed by atoms with van der Waals surface area (Å²) in [6.07, 6.45) is -2.44. The summed E-state index contributed by atoms with van der Waals surface area (Å²) in [5.41, 5.74) is -2.90. The Morgan fingerprint density at radius 3 is 2.75 bits per heavy atom. The van der Waals surface area contributed by atoms with Gasteiger partial charge in [-0.25, -0.2) is 13.6 Å². The molecule has 0 amide bonds. The summed E-state index contributed by atoms with van der Waals surface area (Å²) in [6, 6.07) is 0. The van der Waals surface area contributed by atoms with Crippen molar-refractivity contribution in [2.75, 3.05) is 6.61 Å². The Morgan fingerprint density at radius 2 is 2.25 bits per heavy atom. The smallest absolute Gasteiger partial charge is 0.344 e. The van der Waals surface area contributed by atoms with Crippen LogP contribution in [0.3, 0.4) is 0 Å². The Morgan fingerprint density at radius 1 is 1.62 bits per heavy atom. The van der Waals surface area contributed by atoms with Gasteiger partial charge >= 0.3 is 5.97 Å². The largest absolute Gasteiger partial charge is 0.506 e. The van der Waals surface area contributed by atoms with Crippen LogP contribution in [0.1, 0.15) is 29.3 Å². The number of rotatable bonds is 3. The fourth-order valence-corrected chi connectivity index (χ4v) is 1.16. The molecule has 1 heterocycles. The lowest BCUT2D eigenvalue weighted by molar-refractivity contribution is 0.0511. The van der Waals surface area contributed by atoms with Gasteiger partial charge < -0.3 is 14.8 Å². The summed E-state index contributed by atoms with van der Waals surface area (Å²) in [7, 11) is 0. The van der Waals surface area contributed by atoms with Gasteiger partial charge in [-0.05, 0) is 6.92 Å². The van der Waals surface area contributed by atoms with E-state index < -0.39 is 34.8 Å². The maximum Gasteiger partial charge on any atom is 0.344 e. The van der Waals surface area contributed by atoms with Crippen molar-refractivity contribution in [3.63, 3.8) is 0 Å². The number of aromatic nitrogens is 1. The minimum atomic E-state index is -3.14. The first-order valence-corrected chi connectivity index (χ1v) is 4.38. The molecule has 0 aliphatic rings. The Hall–Kier alpha value is -1.92. The highest BCUT2D eigenvalue weighted by Crippen LogP contribution is 2.29. The molecule has 0 aliphatic carbocycles. The van der Waals surface area contributed by atoms with Crippen LogP contribution in [0, 0.1) is 0 Å². The van der Waals surface area contributed by atoms with Crippen LogP contribution in [0.25, 0.3) is 0 Å². The number of ether oxygens (including phenoxy) is 1. The van der Waals surface area contributed by atoms with Gasteiger partial charge in [0.25, 0.3) is 12.0 Å². The lowest BCUT2D eigenvalue weighted by Gasteiger charge is -2.08. The van der Waals surface area contributed by atoms with Crippen molar-refractivity contribution in [1.82, 2.24) is 4.98 Å². The number of esters is 1. The molecule has 1 rings (SSSR count). The Balaban J connectivity index is 3.40. The van der Waals surface area contributed by atoms with Gasteiger partial charge in [-0.1, -0.05) is 0 Å². The highest BCUT2D eigenvalue weighted by Gasteiger charge is 2.26. The van der Waals surface area contributed by atoms with E-state index in [2.05, 4.69) is 4.74 Å². The van der Waals surface area contributed by atoms with Crippen molar-refractivity contribution in [2.45, 2.75) is 13.3 Å². The van der Waals surface area contributed by atoms with Crippen molar-refractivity contribution >= 4 is 5.97 Å². The van der Waals surface area contributed by atoms with Gasteiger partial charge in [-0.3, -0.25) is 4.79 Å². The van der Waals surface area contributed by atoms with Crippen molar-refractivity contribution in [2.24, 2.45) is 0 Å². The molecule has 0 unspecified atom stereocenters. The van der Waals surface area contributed by atoms with E-state index >= 15 is 0 Å². The molecule has 7 heteroatoms. The van der Waals surface area contributed by atoms with Gasteiger partial charge in [-0.2, -0.15) is 0 Å². The quantitative estimate of drug-likeness (QED) is 0.768. The minimum absolute atomic E-state index is 0.0589. The summed E-state index contributed by atoms with van der Waals surface area (Å²) in [5.74, 6) is -2.03. The first kappa shape index (κ1) is 12.2. The fraction of sp³-hybridized carbons (Fsp3) is 0.333. The minimum Gasteiger partial charge on any atom is -0.506 e. The maximum absolute atomic E-state index is 12.5. The van der Waals surface area contributed by atoms with Crippen molar-refractivity contribution in [1.29, 1.82) is 0 Å². The van der Waals surface area contributed by atoms with Crippen LogP contribution in [0.2, 0.25) is 0 Å². The van der Waals surface area contributed by atoms with E-state index in [1.165, 1.54) is 6.92 Å². The molecule has 0 spiro atoms. The number of H-pyrrole nitrogens is 1. The molecule has 0 bridgehead atoms. The maximum atomic E-state index is 12.5. The zero-order valence-electron chi connectivity index (χ0n) is 8.29. The van der Waals surface area contributed by atoms with Gasteiger partial charge in [-0.15, -0.1) is 0 Å². The molecule has 0 saturated carbocycles. The highest BCUT2D eigenvalue weighted by atomic mass is 19.3. The molecule has 0 atom stereocenters. The molecule has 0 radical (unpaired) electrons. The van der Waals surface area contributed by atoms with Gasteiger partial charge in [0, 0.05) is 6.20 Å². The monoisotopic (exact) mass is 233 g/mol. The predicted molar refractivity (Wildman–Crippen MR) is 49.6 cm³/mol. The molecule has 0 aliphatic heterocycles. The number of hydrogen-bond acceptors (Lipinski definition) is 4. The second kappa shape index (κ2) is 4.73. The standard InChI is InChI=1S/C9H9F2NO4/c1-2-16-9(15)6-5(7(10)11)4(13)3-12-8(6)14/h3,7,13H,2H2,1H3,(H,12,14). The zero-order chi connectivity index (χ0) is 12.3. The first-order chi connectivity index (χ1) is 7.49. The molecule has 1 aromatic heterocycles. The lowest BCUT2D eigenvalue weighted by atomic mass is 10.1. The highest BCUT2D eigenvalue weighted by molar-refractivity contribution is 5.91. The van der Waals surface area contributed by atoms with Crippen LogP contribution >= 0.6 is 0 Å². The average molecular weight is 233 g/mol. The summed E-state index contributed by atoms with van der Waals surface area (Å²) in [4.78, 5) is 24.4. The van der Waals surface area contributed by atoms with Crippen LogP contribution < -0.4 is 5.56 Å². The number of aromatic hydroxyl groups is 1. The van der Waals surface area contributed by atoms with Crippen LogP contribution in [0.5, 0.6) is 5.75 Å². The summed E-state index contributed by atoms with van der Waals surface area (Å²) >= 11 is 0. The third-order valence-corrected chi connectivity index (χ3v) is 1.81. The average Bonchev–Trinajstić information content (AvgIpc) is 2.20. The molecule has 0 aromatic carbocycles. The van der Waals surface area contributed by atoms with Gasteiger partial charge in [0.1, 0.15) is 11.3 Å². The fourth-order valence-electron chi connectivity index (χ4n) is 1.16. The van der Waals surface area contributed by atoms with E-state index in [-0.39, 0.29) is 6.61 Å². The van der Waals surface area contributed by atoms with Crippen molar-refractivity contribution in [3.05, 3.63) is 27.7 Å². The molecular formula is C9H9F2NO4. The van der Waals surface area contributed by atoms with Gasteiger partial charge in [0.15, 0.2) is 0 Å². The van der Waals surface area contributed by atoms with Crippen LogP contribution in [-0.4, -0.2) is 22.7 Å². The van der Waals surface area contributed by atoms with Crippen molar-refractivity contribution in [3.8, 4) is 5.75 Å². The number of carbonyl (C=O) groups is 1. The number of halogens is 2. The Kier molecular flexibility index (Phi) is 3.60. The van der Waals surface area contributed by atoms with Gasteiger partial charge in [0.05, 0.1) is 12.2 Å². The Labute approximate surface area is 88.7 Å². The number of pyridine rings is 1. The topological polar surface area (TPSA) is 79.4 Å². The second-order valence-corrected chi connectivity index (χ2v) is 2.81. The summed E-state index contributed by atoms with van der Waals surface area (Å²) < 4.78 is 29.5. The number of hydrogen-bond donors (Lipinski definition) is 2. The van der Waals surface area contributed by atoms with E-state index in [1.54, 1.807) is 0 Å². The molecule has 88 valence electrons. The van der Waals surface area contributed by atoms with Crippen LogP contribution in [-0.2, 0) is 4.74 Å². The number of alkyl halides is 2. The molecular weight excluding hydrogens is 224 g/mol. The second-order valence-electron chi connectivity index (χ2n) is 2.81. The molecule has 16 heavy (non-hydrogen) atoms. The van der Waals surface area contributed by atoms with E-state index in [0.29, 0.717) is 6.20 Å². The molecule has 0 saturated heterocycles. The van der Waals surface area contributed by atoms with Gasteiger partial charge in [0.2, 0.25) is 0 Å². The molecule has 2 N–H and O–H groups in total. The Bertz CT molecular complexity index is 455. The van der Waals surface area contributed by atoms with E-state index in [9.17, 15) is 18.4 Å². The predicted octanol–water partition coefficient (Wildman–Crippen LogP) is 1.19. The molecule has 1 aromatic rings. The van der Waals surface area contributed by atoms with E-state index in [1.807, 2.05) is 4.98 Å². The summed E-state index contributed by atoms with van der Waals surface area (Å²) in [5, 5.41) is 9.15. The first-order valence-electron chi connectivity index (χ1n) is 4.38. The van der Waals surface area contributed by atoms with Crippen LogP contribution in [0.15, 0.2) is 11.0 Å². The van der Waals surface area contributed by atoms with Crippen molar-refractivity contribution < 1.29 is 23.4 Å². The SMILES string of the molecule is CCOC(=O)c1c(C(F)F)c(O)c[nH]c1=O. The third-order valence-electron chi connectivity index (χ3n) is 1.81. The van der Waals surface area contributed by atoms with Crippen LogP contribution in [0.4, 0.5) is 8.78 Å². The van der Waals surface area contributed by atoms with E-state index in [0.717, 1.165) is 0 Å². The third kappa shape index (κ3) is 2.18. The number of nitrogens with one attached hydrogen (secondary N) is 1. The normalized spacial score (nSPS) is 10.5. The molecule has 5 nitrogen and oxygen atoms in total. The number of aromatic amines is 1. The zero-order valence-corrected chi connectivity index (χ0v) is 8.29. The molecule has 0 fully saturated rings. The lowest BCUT2D eigenvalue weighted by Crippen LogP contribution is -2.22. The summed E-state index contributed by atoms with van der Waals surface area (Å²) in [6.45, 7) is 1.41.